The van der Waals surface area contributed by atoms with E-state index in [-0.39, 0.29) is 11.8 Å². The number of nitrogens with one attached hydrogen (secondary N) is 1. The van der Waals surface area contributed by atoms with Gasteiger partial charge in [-0.3, -0.25) is 9.59 Å². The van der Waals surface area contributed by atoms with Crippen molar-refractivity contribution in [1.29, 1.82) is 5.26 Å². The number of benzene rings is 1. The Morgan fingerprint density at radius 3 is 2.40 bits per heavy atom. The van der Waals surface area contributed by atoms with E-state index in [0.29, 0.717) is 29.1 Å². The first-order valence-electron chi connectivity index (χ1n) is 8.87. The van der Waals surface area contributed by atoms with Gasteiger partial charge in [0.15, 0.2) is 0 Å². The summed E-state index contributed by atoms with van der Waals surface area (Å²) in [6, 6.07) is 7.11. The Kier molecular flexibility index (Phi) is 5.29. The number of likely N-dealkylation sites (tertiary alicyclic amines) is 1. The Morgan fingerprint density at radius 1 is 1.12 bits per heavy atom. The topological polar surface area (TPSA) is 73.2 Å². The predicted molar refractivity (Wildman–Crippen MR) is 96.4 cm³/mol. The fraction of sp³-hybridized carbons (Fsp3) is 0.526. The summed E-state index contributed by atoms with van der Waals surface area (Å²) < 4.78 is 0. The number of amides is 2. The van der Waals surface area contributed by atoms with E-state index < -0.39 is 5.41 Å². The van der Waals surface area contributed by atoms with Crippen LogP contribution in [0.5, 0.6) is 0 Å². The molecule has 1 aliphatic heterocycles. The molecule has 1 aromatic rings. The quantitative estimate of drug-likeness (QED) is 0.886. The fourth-order valence-corrected chi connectivity index (χ4v) is 3.91. The second-order valence-corrected chi connectivity index (χ2v) is 7.31. The minimum atomic E-state index is -0.936. The van der Waals surface area contributed by atoms with Crippen LogP contribution in [0.25, 0.3) is 0 Å². The number of nitriles is 1. The Bertz CT molecular complexity index is 714. The summed E-state index contributed by atoms with van der Waals surface area (Å²) in [5.74, 6) is -0.342. The zero-order valence-corrected chi connectivity index (χ0v) is 14.9. The third-order valence-corrected chi connectivity index (χ3v) is 5.52. The van der Waals surface area contributed by atoms with Crippen LogP contribution in [0.4, 0.5) is 5.69 Å². The lowest BCUT2D eigenvalue weighted by atomic mass is 9.87. The monoisotopic (exact) mass is 359 g/mol. The van der Waals surface area contributed by atoms with Crippen molar-refractivity contribution in [3.05, 3.63) is 28.8 Å². The lowest BCUT2D eigenvalue weighted by Gasteiger charge is -2.27. The van der Waals surface area contributed by atoms with E-state index in [1.54, 1.807) is 18.2 Å². The molecule has 1 saturated carbocycles. The van der Waals surface area contributed by atoms with Gasteiger partial charge in [0.1, 0.15) is 5.41 Å². The number of hydrogen-bond acceptors (Lipinski definition) is 3. The van der Waals surface area contributed by atoms with Gasteiger partial charge in [0, 0.05) is 18.8 Å². The SMILES string of the molecule is N#CC1(C(=O)Nc2ccc(C(=O)N3CCCCC3)c(Cl)c2)CCCC1. The van der Waals surface area contributed by atoms with Crippen molar-refractivity contribution < 1.29 is 9.59 Å². The highest BCUT2D eigenvalue weighted by Gasteiger charge is 2.41. The molecule has 3 rings (SSSR count). The predicted octanol–water partition coefficient (Wildman–Crippen LogP) is 3.99. The van der Waals surface area contributed by atoms with Crippen molar-refractivity contribution in [2.75, 3.05) is 18.4 Å². The van der Waals surface area contributed by atoms with Gasteiger partial charge in [0.2, 0.25) is 5.91 Å². The van der Waals surface area contributed by atoms with Gasteiger partial charge in [-0.25, -0.2) is 0 Å². The molecule has 0 aromatic heterocycles. The van der Waals surface area contributed by atoms with Crippen LogP contribution in [0.1, 0.15) is 55.3 Å². The van der Waals surface area contributed by atoms with Crippen molar-refractivity contribution in [1.82, 2.24) is 4.90 Å². The number of piperidine rings is 1. The van der Waals surface area contributed by atoms with Crippen LogP contribution in [-0.2, 0) is 4.79 Å². The van der Waals surface area contributed by atoms with E-state index in [9.17, 15) is 14.9 Å². The van der Waals surface area contributed by atoms with Crippen LogP contribution in [0.15, 0.2) is 18.2 Å². The molecule has 25 heavy (non-hydrogen) atoms. The summed E-state index contributed by atoms with van der Waals surface area (Å²) in [4.78, 5) is 26.9. The Hall–Kier alpha value is -2.06. The Balaban J connectivity index is 1.72. The van der Waals surface area contributed by atoms with Gasteiger partial charge in [-0.1, -0.05) is 24.4 Å². The largest absolute Gasteiger partial charge is 0.339 e. The van der Waals surface area contributed by atoms with Crippen LogP contribution in [0.3, 0.4) is 0 Å². The Labute approximate surface area is 152 Å². The molecule has 2 aliphatic rings. The molecule has 1 aliphatic carbocycles. The molecular weight excluding hydrogens is 338 g/mol. The van der Waals surface area contributed by atoms with Crippen LogP contribution < -0.4 is 5.32 Å². The number of carbonyl (C=O) groups is 2. The smallest absolute Gasteiger partial charge is 0.255 e. The number of rotatable bonds is 3. The van der Waals surface area contributed by atoms with E-state index in [1.807, 2.05) is 4.90 Å². The maximum atomic E-state index is 12.6. The minimum Gasteiger partial charge on any atom is -0.339 e. The van der Waals surface area contributed by atoms with Crippen molar-refractivity contribution in [2.24, 2.45) is 5.41 Å². The zero-order valence-electron chi connectivity index (χ0n) is 14.2. The van der Waals surface area contributed by atoms with Gasteiger partial charge < -0.3 is 10.2 Å². The van der Waals surface area contributed by atoms with Crippen LogP contribution in [0, 0.1) is 16.7 Å². The van der Waals surface area contributed by atoms with Gasteiger partial charge >= 0.3 is 0 Å². The molecular formula is C19H22ClN3O2. The van der Waals surface area contributed by atoms with Crippen LogP contribution >= 0.6 is 11.6 Å². The maximum Gasteiger partial charge on any atom is 0.255 e. The number of carbonyl (C=O) groups excluding carboxylic acids is 2. The van der Waals surface area contributed by atoms with Gasteiger partial charge in [-0.05, 0) is 50.3 Å². The third kappa shape index (κ3) is 3.64. The standard InChI is InChI=1S/C19H22ClN3O2/c20-16-12-14(22-18(25)19(13-21)8-2-3-9-19)6-7-15(16)17(24)23-10-4-1-5-11-23/h6-7,12H,1-5,8-11H2,(H,22,25). The number of halogens is 1. The molecule has 1 N–H and O–H groups in total. The van der Waals surface area contributed by atoms with E-state index in [0.717, 1.165) is 45.2 Å². The maximum absolute atomic E-state index is 12.6. The summed E-state index contributed by atoms with van der Waals surface area (Å²) in [7, 11) is 0. The lowest BCUT2D eigenvalue weighted by molar-refractivity contribution is -0.122. The van der Waals surface area contributed by atoms with Gasteiger partial charge in [0.05, 0.1) is 16.7 Å². The van der Waals surface area contributed by atoms with E-state index in [2.05, 4.69) is 11.4 Å². The molecule has 0 radical (unpaired) electrons. The molecule has 1 saturated heterocycles. The minimum absolute atomic E-state index is 0.0631. The van der Waals surface area contributed by atoms with E-state index in [1.165, 1.54) is 0 Å². The first-order chi connectivity index (χ1) is 12.1. The van der Waals surface area contributed by atoms with E-state index in [4.69, 9.17) is 11.6 Å². The van der Waals surface area contributed by atoms with Gasteiger partial charge in [-0.2, -0.15) is 5.26 Å². The van der Waals surface area contributed by atoms with E-state index >= 15 is 0 Å². The summed E-state index contributed by atoms with van der Waals surface area (Å²) in [5, 5.41) is 12.5. The first-order valence-corrected chi connectivity index (χ1v) is 9.25. The summed E-state index contributed by atoms with van der Waals surface area (Å²) in [5.41, 5.74) is 0.0403. The van der Waals surface area contributed by atoms with Crippen molar-refractivity contribution in [2.45, 2.75) is 44.9 Å². The van der Waals surface area contributed by atoms with Crippen LogP contribution in [0.2, 0.25) is 5.02 Å². The summed E-state index contributed by atoms with van der Waals surface area (Å²) >= 11 is 6.29. The molecule has 5 nitrogen and oxygen atoms in total. The molecule has 0 unspecified atom stereocenters. The highest BCUT2D eigenvalue weighted by Crippen LogP contribution is 2.38. The first kappa shape index (κ1) is 17.8. The number of nitrogens with zero attached hydrogens (tertiary/aromatic N) is 2. The van der Waals surface area contributed by atoms with Crippen molar-refractivity contribution >= 4 is 29.1 Å². The number of hydrogen-bond donors (Lipinski definition) is 1. The molecule has 0 atom stereocenters. The molecule has 0 bridgehead atoms. The second-order valence-electron chi connectivity index (χ2n) is 6.90. The zero-order chi connectivity index (χ0) is 17.9. The highest BCUT2D eigenvalue weighted by atomic mass is 35.5. The van der Waals surface area contributed by atoms with Crippen molar-refractivity contribution in [3.8, 4) is 6.07 Å². The molecule has 0 spiro atoms. The lowest BCUT2D eigenvalue weighted by Crippen LogP contribution is -2.35. The molecule has 132 valence electrons. The van der Waals surface area contributed by atoms with Gasteiger partial charge in [0.25, 0.3) is 5.91 Å². The average molecular weight is 360 g/mol. The number of anilines is 1. The van der Waals surface area contributed by atoms with Crippen LogP contribution in [-0.4, -0.2) is 29.8 Å². The second kappa shape index (κ2) is 7.45. The summed E-state index contributed by atoms with van der Waals surface area (Å²) in [6.45, 7) is 1.52. The molecule has 1 aromatic carbocycles. The molecule has 2 fully saturated rings. The molecule has 1 heterocycles. The fourth-order valence-electron chi connectivity index (χ4n) is 3.65. The molecule has 6 heteroatoms. The molecule has 2 amide bonds. The third-order valence-electron chi connectivity index (χ3n) is 5.21. The normalized spacial score (nSPS) is 19.3. The van der Waals surface area contributed by atoms with Gasteiger partial charge in [-0.15, -0.1) is 0 Å². The average Bonchev–Trinajstić information content (AvgIpc) is 3.12. The van der Waals surface area contributed by atoms with Crippen molar-refractivity contribution in [3.63, 3.8) is 0 Å². The summed E-state index contributed by atoms with van der Waals surface area (Å²) in [6.07, 6.45) is 6.17. The Morgan fingerprint density at radius 2 is 1.80 bits per heavy atom. The highest BCUT2D eigenvalue weighted by molar-refractivity contribution is 6.34.